The number of hydrogen-bond donors (Lipinski definition) is 2. The Morgan fingerprint density at radius 2 is 1.93 bits per heavy atom. The quantitative estimate of drug-likeness (QED) is 0.600. The van der Waals surface area contributed by atoms with Crippen molar-refractivity contribution in [2.75, 3.05) is 33.2 Å². The number of benzene rings is 2. The average molecular weight is 427 g/mol. The first-order valence-corrected chi connectivity index (χ1v) is 9.60. The number of nitrogens with zero attached hydrogens (tertiary/aromatic N) is 2. The van der Waals surface area contributed by atoms with Crippen LogP contribution in [0.5, 0.6) is 0 Å². The molecule has 0 aliphatic carbocycles. The molecule has 0 spiro atoms. The minimum atomic E-state index is -0.582. The number of aromatic nitrogens is 2. The Labute approximate surface area is 178 Å². The van der Waals surface area contributed by atoms with Gasteiger partial charge in [0.25, 0.3) is 5.56 Å². The van der Waals surface area contributed by atoms with Crippen LogP contribution < -0.4 is 26.3 Å². The number of halogens is 1. The molecule has 156 valence electrons. The third kappa shape index (κ3) is 4.11. The molecule has 3 aromatic rings. The smallest absolute Gasteiger partial charge is 0.332 e. The molecule has 0 bridgehead atoms. The average Bonchev–Trinajstić information content (AvgIpc) is 3.05. The number of H-pyrrole nitrogens is 1. The molecule has 1 aromatic heterocycles. The van der Waals surface area contributed by atoms with Gasteiger partial charge in [-0.05, 0) is 24.3 Å². The highest BCUT2D eigenvalue weighted by Gasteiger charge is 2.14. The Morgan fingerprint density at radius 3 is 2.57 bits per heavy atom. The fraction of sp³-hybridized carbons (Fsp3) is 0.182. The number of aromatic amines is 1. The standard InChI is InChI=1S/C22H23ClN4O3/c1-24-21(14-8-7-9-15(12-14)26(2)3)20-17(13-19(28)30-4)25-27(22(20)29)18-11-6-5-10-16(18)23/h5-13,24-25H,1-4H3/b17-13-,21-20-. The monoisotopic (exact) mass is 426 g/mol. The predicted octanol–water partition coefficient (Wildman–Crippen LogP) is 1.21. The number of methoxy groups -OCH3 is 1. The summed E-state index contributed by atoms with van der Waals surface area (Å²) in [6.07, 6.45) is 1.25. The van der Waals surface area contributed by atoms with Crippen molar-refractivity contribution in [3.63, 3.8) is 0 Å². The number of hydrogen-bond acceptors (Lipinski definition) is 5. The van der Waals surface area contributed by atoms with Crippen LogP contribution in [0, 0.1) is 0 Å². The molecule has 0 saturated carbocycles. The highest BCUT2D eigenvalue weighted by atomic mass is 35.5. The van der Waals surface area contributed by atoms with E-state index in [0.29, 0.717) is 27.0 Å². The lowest BCUT2D eigenvalue weighted by atomic mass is 10.1. The fourth-order valence-corrected chi connectivity index (χ4v) is 3.35. The number of anilines is 1. The Kier molecular flexibility index (Phi) is 6.32. The van der Waals surface area contributed by atoms with Gasteiger partial charge in [0.05, 0.1) is 34.1 Å². The number of carbonyl (C=O) groups is 1. The third-order valence-electron chi connectivity index (χ3n) is 4.63. The minimum absolute atomic E-state index is 0.304. The van der Waals surface area contributed by atoms with Crippen molar-refractivity contribution in [2.24, 2.45) is 0 Å². The summed E-state index contributed by atoms with van der Waals surface area (Å²) in [7, 11) is 6.89. The molecule has 3 rings (SSSR count). The molecule has 0 aliphatic rings. The first kappa shape index (κ1) is 21.3. The van der Waals surface area contributed by atoms with Crippen LogP contribution in [0.1, 0.15) is 5.56 Å². The molecule has 2 aromatic carbocycles. The number of carbonyl (C=O) groups excluding carboxylic acids is 1. The van der Waals surface area contributed by atoms with Gasteiger partial charge in [0.2, 0.25) is 0 Å². The molecule has 30 heavy (non-hydrogen) atoms. The maximum absolute atomic E-state index is 13.4. The molecule has 0 amide bonds. The first-order valence-electron chi connectivity index (χ1n) is 9.22. The molecule has 0 unspecified atom stereocenters. The second kappa shape index (κ2) is 8.92. The predicted molar refractivity (Wildman–Crippen MR) is 119 cm³/mol. The van der Waals surface area contributed by atoms with Gasteiger partial charge in [-0.25, -0.2) is 9.48 Å². The number of nitrogens with one attached hydrogen (secondary N) is 2. The van der Waals surface area contributed by atoms with E-state index < -0.39 is 5.97 Å². The number of rotatable bonds is 5. The molecule has 0 atom stereocenters. The van der Waals surface area contributed by atoms with Crippen LogP contribution in [0.3, 0.4) is 0 Å². The van der Waals surface area contributed by atoms with E-state index in [-0.39, 0.29) is 5.56 Å². The van der Waals surface area contributed by atoms with Gasteiger partial charge in [-0.15, -0.1) is 0 Å². The van der Waals surface area contributed by atoms with Crippen LogP contribution >= 0.6 is 11.6 Å². The summed E-state index contributed by atoms with van der Waals surface area (Å²) in [5, 5.41) is 7.12. The second-order valence-corrected chi connectivity index (χ2v) is 7.14. The first-order chi connectivity index (χ1) is 14.4. The lowest BCUT2D eigenvalue weighted by Gasteiger charge is -2.14. The van der Waals surface area contributed by atoms with E-state index in [1.165, 1.54) is 17.9 Å². The van der Waals surface area contributed by atoms with E-state index in [1.54, 1.807) is 31.3 Å². The summed E-state index contributed by atoms with van der Waals surface area (Å²) in [5.74, 6) is -0.582. The van der Waals surface area contributed by atoms with Gasteiger partial charge < -0.3 is 15.0 Å². The Morgan fingerprint density at radius 1 is 1.20 bits per heavy atom. The molecule has 0 aliphatic heterocycles. The molecule has 0 radical (unpaired) electrons. The zero-order valence-electron chi connectivity index (χ0n) is 17.2. The molecule has 1 heterocycles. The lowest BCUT2D eigenvalue weighted by Crippen LogP contribution is -2.40. The van der Waals surface area contributed by atoms with Crippen LogP contribution in [-0.4, -0.2) is 44.0 Å². The minimum Gasteiger partial charge on any atom is -0.466 e. The highest BCUT2D eigenvalue weighted by molar-refractivity contribution is 6.32. The summed E-state index contributed by atoms with van der Waals surface area (Å²) in [6, 6.07) is 14.7. The Hall–Kier alpha value is -3.45. The van der Waals surface area contributed by atoms with Gasteiger partial charge >= 0.3 is 5.97 Å². The molecular weight excluding hydrogens is 404 g/mol. The van der Waals surface area contributed by atoms with Crippen molar-refractivity contribution in [1.29, 1.82) is 0 Å². The van der Waals surface area contributed by atoms with Crippen molar-refractivity contribution in [2.45, 2.75) is 0 Å². The van der Waals surface area contributed by atoms with Crippen LogP contribution in [0.15, 0.2) is 53.3 Å². The van der Waals surface area contributed by atoms with Crippen molar-refractivity contribution < 1.29 is 9.53 Å². The SMILES string of the molecule is CN/C(c1cccc(N(C)C)c1)=c1\c(=O)n(-c2ccccc2Cl)[nH]\c1=C/C(=O)OC. The van der Waals surface area contributed by atoms with E-state index in [1.807, 2.05) is 43.3 Å². The van der Waals surface area contributed by atoms with Gasteiger partial charge in [0.15, 0.2) is 0 Å². The van der Waals surface area contributed by atoms with Crippen LogP contribution in [0.4, 0.5) is 5.69 Å². The van der Waals surface area contributed by atoms with E-state index in [2.05, 4.69) is 10.4 Å². The Bertz CT molecular complexity index is 1260. The van der Waals surface area contributed by atoms with Gasteiger partial charge in [-0.1, -0.05) is 35.9 Å². The summed E-state index contributed by atoms with van der Waals surface area (Å²) in [6.45, 7) is 0. The maximum Gasteiger partial charge on any atom is 0.332 e. The zero-order chi connectivity index (χ0) is 21.8. The van der Waals surface area contributed by atoms with Gasteiger partial charge in [0.1, 0.15) is 0 Å². The number of ether oxygens (including phenoxy) is 1. The molecule has 2 N–H and O–H groups in total. The maximum atomic E-state index is 13.4. The van der Waals surface area contributed by atoms with E-state index in [4.69, 9.17) is 16.3 Å². The van der Waals surface area contributed by atoms with Crippen molar-refractivity contribution >= 4 is 35.0 Å². The summed E-state index contributed by atoms with van der Waals surface area (Å²) in [4.78, 5) is 27.4. The fourth-order valence-electron chi connectivity index (χ4n) is 3.13. The lowest BCUT2D eigenvalue weighted by molar-refractivity contribution is -0.133. The van der Waals surface area contributed by atoms with Crippen LogP contribution in [0.25, 0.3) is 17.5 Å². The molecule has 7 nitrogen and oxygen atoms in total. The number of para-hydroxylation sites is 1. The number of esters is 1. The summed E-state index contributed by atoms with van der Waals surface area (Å²) in [5.41, 5.74) is 2.47. The molecule has 0 fully saturated rings. The summed E-state index contributed by atoms with van der Waals surface area (Å²) >= 11 is 6.30. The van der Waals surface area contributed by atoms with Crippen LogP contribution in [0.2, 0.25) is 5.02 Å². The summed E-state index contributed by atoms with van der Waals surface area (Å²) < 4.78 is 6.09. The van der Waals surface area contributed by atoms with Crippen molar-refractivity contribution in [3.8, 4) is 5.69 Å². The van der Waals surface area contributed by atoms with Crippen molar-refractivity contribution in [3.05, 3.63) is 80.0 Å². The Balaban J connectivity index is 2.43. The van der Waals surface area contributed by atoms with Crippen LogP contribution in [-0.2, 0) is 9.53 Å². The molecule has 0 saturated heterocycles. The topological polar surface area (TPSA) is 79.4 Å². The van der Waals surface area contributed by atoms with Gasteiger partial charge in [-0.3, -0.25) is 9.89 Å². The zero-order valence-corrected chi connectivity index (χ0v) is 17.9. The molecule has 8 heteroatoms. The second-order valence-electron chi connectivity index (χ2n) is 6.73. The van der Waals surface area contributed by atoms with Crippen molar-refractivity contribution in [1.82, 2.24) is 15.1 Å². The van der Waals surface area contributed by atoms with E-state index in [9.17, 15) is 9.59 Å². The molecular formula is C22H23ClN4O3. The third-order valence-corrected chi connectivity index (χ3v) is 4.95. The highest BCUT2D eigenvalue weighted by Crippen LogP contribution is 2.18. The normalized spacial score (nSPS) is 12.5. The van der Waals surface area contributed by atoms with E-state index in [0.717, 1.165) is 11.3 Å². The van der Waals surface area contributed by atoms with Gasteiger partial charge in [0, 0.05) is 38.5 Å². The largest absolute Gasteiger partial charge is 0.466 e. The van der Waals surface area contributed by atoms with E-state index >= 15 is 0 Å². The van der Waals surface area contributed by atoms with Gasteiger partial charge in [-0.2, -0.15) is 0 Å².